The Morgan fingerprint density at radius 3 is 1.91 bits per heavy atom. The molecule has 0 radical (unpaired) electrons. The van der Waals surface area contributed by atoms with Crippen molar-refractivity contribution >= 4 is 17.9 Å². The Kier molecular flexibility index (Phi) is 4.08. The Morgan fingerprint density at radius 1 is 0.727 bits per heavy atom. The summed E-state index contributed by atoms with van der Waals surface area (Å²) in [5, 5.41) is 27.0. The maximum absolute atomic E-state index is 11.1. The van der Waals surface area contributed by atoms with Crippen LogP contribution in [0, 0.1) is 0 Å². The van der Waals surface area contributed by atoms with Gasteiger partial charge in [-0.05, 0) is 30.3 Å². The van der Waals surface area contributed by atoms with Gasteiger partial charge in [0, 0.05) is 0 Å². The monoisotopic (exact) mass is 302 g/mol. The van der Waals surface area contributed by atoms with Gasteiger partial charge in [-0.25, -0.2) is 14.4 Å². The molecule has 22 heavy (non-hydrogen) atoms. The van der Waals surface area contributed by atoms with Crippen LogP contribution in [0.4, 0.5) is 0 Å². The molecule has 3 N–H and O–H groups in total. The summed E-state index contributed by atoms with van der Waals surface area (Å²) in [5.41, 5.74) is -0.925. The van der Waals surface area contributed by atoms with Gasteiger partial charge in [-0.2, -0.15) is 0 Å². The lowest BCUT2D eigenvalue weighted by Crippen LogP contribution is -2.08. The molecule has 0 fully saturated rings. The summed E-state index contributed by atoms with van der Waals surface area (Å²) in [6.07, 6.45) is 0. The zero-order chi connectivity index (χ0) is 16.3. The third kappa shape index (κ3) is 3.04. The van der Waals surface area contributed by atoms with E-state index in [-0.39, 0.29) is 22.6 Å². The first-order chi connectivity index (χ1) is 10.4. The van der Waals surface area contributed by atoms with Crippen molar-refractivity contribution in [2.75, 3.05) is 0 Å². The Balaban J connectivity index is 2.43. The minimum Gasteiger partial charge on any atom is -0.478 e. The van der Waals surface area contributed by atoms with Crippen LogP contribution in [-0.4, -0.2) is 33.2 Å². The summed E-state index contributed by atoms with van der Waals surface area (Å²) in [7, 11) is 0. The van der Waals surface area contributed by atoms with Gasteiger partial charge in [0.05, 0.1) is 11.1 Å². The van der Waals surface area contributed by atoms with E-state index in [2.05, 4.69) is 0 Å². The molecule has 2 aromatic rings. The molecule has 0 aliphatic carbocycles. The summed E-state index contributed by atoms with van der Waals surface area (Å²) in [5.74, 6) is -3.95. The lowest BCUT2D eigenvalue weighted by molar-refractivity contribution is 0.0651. The van der Waals surface area contributed by atoms with Crippen molar-refractivity contribution < 1.29 is 34.4 Å². The van der Waals surface area contributed by atoms with Gasteiger partial charge in [0.1, 0.15) is 17.1 Å². The fourth-order valence-electron chi connectivity index (χ4n) is 1.81. The number of ether oxygens (including phenoxy) is 1. The molecule has 0 atom stereocenters. The number of rotatable bonds is 5. The first-order valence-corrected chi connectivity index (χ1v) is 6.01. The second kappa shape index (κ2) is 5.96. The van der Waals surface area contributed by atoms with Crippen LogP contribution in [0.15, 0.2) is 42.5 Å². The summed E-state index contributed by atoms with van der Waals surface area (Å²) in [4.78, 5) is 33.1. The largest absolute Gasteiger partial charge is 0.478 e. The van der Waals surface area contributed by atoms with Crippen LogP contribution in [0.1, 0.15) is 31.1 Å². The van der Waals surface area contributed by atoms with Crippen LogP contribution in [0.2, 0.25) is 0 Å². The zero-order valence-electron chi connectivity index (χ0n) is 11.0. The third-order valence-electron chi connectivity index (χ3n) is 2.80. The van der Waals surface area contributed by atoms with E-state index in [1.807, 2.05) is 0 Å². The number of carbonyl (C=O) groups is 3. The highest BCUT2D eigenvalue weighted by Crippen LogP contribution is 2.27. The molecule has 0 bridgehead atoms. The molecule has 0 aliphatic heterocycles. The number of hydrogen-bond acceptors (Lipinski definition) is 4. The number of benzene rings is 2. The molecule has 0 aliphatic rings. The molecular formula is C15H10O7. The van der Waals surface area contributed by atoms with Crippen molar-refractivity contribution in [3.05, 3.63) is 59.2 Å². The SMILES string of the molecule is O=C(O)c1ccccc1Oc1ccc(C(=O)O)c(C(=O)O)c1. The topological polar surface area (TPSA) is 121 Å². The lowest BCUT2D eigenvalue weighted by atomic mass is 10.1. The number of carboxylic acid groups (broad SMARTS) is 3. The first kappa shape index (κ1) is 15.0. The summed E-state index contributed by atoms with van der Waals surface area (Å²) in [6.45, 7) is 0. The lowest BCUT2D eigenvalue weighted by Gasteiger charge is -2.10. The molecule has 0 saturated heterocycles. The second-order valence-electron chi connectivity index (χ2n) is 4.22. The van der Waals surface area contributed by atoms with Gasteiger partial charge in [0.25, 0.3) is 0 Å². The Morgan fingerprint density at radius 2 is 1.32 bits per heavy atom. The summed E-state index contributed by atoms with van der Waals surface area (Å²) < 4.78 is 5.36. The van der Waals surface area contributed by atoms with E-state index in [0.717, 1.165) is 12.1 Å². The molecular weight excluding hydrogens is 292 g/mol. The normalized spacial score (nSPS) is 10.0. The number of para-hydroxylation sites is 1. The molecule has 112 valence electrons. The maximum atomic E-state index is 11.1. The van der Waals surface area contributed by atoms with Crippen LogP contribution < -0.4 is 4.74 Å². The maximum Gasteiger partial charge on any atom is 0.339 e. The standard InChI is InChI=1S/C15H10O7/c16-13(17)9-6-5-8(7-11(9)15(20)21)22-12-4-2-1-3-10(12)14(18)19/h1-7H,(H,16,17)(H,18,19)(H,20,21). The van der Waals surface area contributed by atoms with Gasteiger partial charge in [0.2, 0.25) is 0 Å². The Bertz CT molecular complexity index is 764. The molecule has 2 aromatic carbocycles. The van der Waals surface area contributed by atoms with Crippen LogP contribution in [0.25, 0.3) is 0 Å². The van der Waals surface area contributed by atoms with E-state index in [0.29, 0.717) is 0 Å². The van der Waals surface area contributed by atoms with E-state index in [9.17, 15) is 14.4 Å². The van der Waals surface area contributed by atoms with Crippen molar-refractivity contribution in [2.24, 2.45) is 0 Å². The van der Waals surface area contributed by atoms with E-state index < -0.39 is 23.5 Å². The molecule has 2 rings (SSSR count). The van der Waals surface area contributed by atoms with Crippen molar-refractivity contribution in [1.82, 2.24) is 0 Å². The van der Waals surface area contributed by atoms with E-state index >= 15 is 0 Å². The number of carboxylic acids is 3. The predicted octanol–water partition coefficient (Wildman–Crippen LogP) is 2.57. The van der Waals surface area contributed by atoms with Crippen LogP contribution >= 0.6 is 0 Å². The fourth-order valence-corrected chi connectivity index (χ4v) is 1.81. The van der Waals surface area contributed by atoms with E-state index in [4.69, 9.17) is 20.1 Å². The highest BCUT2D eigenvalue weighted by Gasteiger charge is 2.18. The molecule has 0 aromatic heterocycles. The predicted molar refractivity (Wildman–Crippen MR) is 73.8 cm³/mol. The number of aromatic carboxylic acids is 3. The van der Waals surface area contributed by atoms with Gasteiger partial charge >= 0.3 is 17.9 Å². The quantitative estimate of drug-likeness (QED) is 0.776. The zero-order valence-corrected chi connectivity index (χ0v) is 11.0. The average Bonchev–Trinajstić information content (AvgIpc) is 2.47. The summed E-state index contributed by atoms with van der Waals surface area (Å²) >= 11 is 0. The van der Waals surface area contributed by atoms with Gasteiger partial charge in [-0.3, -0.25) is 0 Å². The highest BCUT2D eigenvalue weighted by molar-refractivity contribution is 6.02. The van der Waals surface area contributed by atoms with E-state index in [1.165, 1.54) is 24.3 Å². The van der Waals surface area contributed by atoms with Crippen molar-refractivity contribution in [3.63, 3.8) is 0 Å². The molecule has 7 heteroatoms. The molecule has 7 nitrogen and oxygen atoms in total. The number of hydrogen-bond donors (Lipinski definition) is 3. The molecule has 0 amide bonds. The van der Waals surface area contributed by atoms with E-state index in [1.54, 1.807) is 6.07 Å². The van der Waals surface area contributed by atoms with Gasteiger partial charge in [0.15, 0.2) is 0 Å². The third-order valence-corrected chi connectivity index (χ3v) is 2.80. The van der Waals surface area contributed by atoms with Gasteiger partial charge in [-0.1, -0.05) is 12.1 Å². The molecule has 0 saturated carbocycles. The first-order valence-electron chi connectivity index (χ1n) is 6.01. The molecule has 0 spiro atoms. The summed E-state index contributed by atoms with van der Waals surface area (Å²) in [6, 6.07) is 9.21. The second-order valence-corrected chi connectivity index (χ2v) is 4.22. The van der Waals surface area contributed by atoms with Crippen LogP contribution in [0.5, 0.6) is 11.5 Å². The molecule has 0 unspecified atom stereocenters. The van der Waals surface area contributed by atoms with Crippen LogP contribution in [-0.2, 0) is 0 Å². The van der Waals surface area contributed by atoms with Crippen molar-refractivity contribution in [3.8, 4) is 11.5 Å². The minimum atomic E-state index is -1.42. The Hall–Kier alpha value is -3.35. The Labute approximate surface area is 124 Å². The van der Waals surface area contributed by atoms with Crippen molar-refractivity contribution in [1.29, 1.82) is 0 Å². The van der Waals surface area contributed by atoms with Gasteiger partial charge < -0.3 is 20.1 Å². The highest BCUT2D eigenvalue weighted by atomic mass is 16.5. The van der Waals surface area contributed by atoms with Crippen LogP contribution in [0.3, 0.4) is 0 Å². The average molecular weight is 302 g/mol. The smallest absolute Gasteiger partial charge is 0.339 e. The van der Waals surface area contributed by atoms with Gasteiger partial charge in [-0.15, -0.1) is 0 Å². The fraction of sp³-hybridized carbons (Fsp3) is 0. The van der Waals surface area contributed by atoms with Crippen molar-refractivity contribution in [2.45, 2.75) is 0 Å². The molecule has 0 heterocycles. The minimum absolute atomic E-state index is 0.0226.